The highest BCUT2D eigenvalue weighted by Gasteiger charge is 2.13. The van der Waals surface area contributed by atoms with Crippen LogP contribution in [0.25, 0.3) is 0 Å². The number of carbonyl (C=O) groups excluding carboxylic acids is 1. The Kier molecular flexibility index (Phi) is 7.15. The van der Waals surface area contributed by atoms with Crippen LogP contribution in [0.5, 0.6) is 0 Å². The van der Waals surface area contributed by atoms with E-state index in [1.165, 1.54) is 0 Å². The summed E-state index contributed by atoms with van der Waals surface area (Å²) in [5, 5.41) is 6.19. The Bertz CT molecular complexity index is 1070. The van der Waals surface area contributed by atoms with E-state index in [9.17, 15) is 4.79 Å². The van der Waals surface area contributed by atoms with Gasteiger partial charge in [0.25, 0.3) is 0 Å². The Balaban J connectivity index is 1.65. The van der Waals surface area contributed by atoms with Crippen molar-refractivity contribution in [1.82, 2.24) is 19.9 Å². The van der Waals surface area contributed by atoms with Gasteiger partial charge in [0.15, 0.2) is 0 Å². The molecule has 0 spiro atoms. The summed E-state index contributed by atoms with van der Waals surface area (Å²) in [7, 11) is 1.84. The van der Waals surface area contributed by atoms with Gasteiger partial charge in [-0.05, 0) is 56.1 Å². The van der Waals surface area contributed by atoms with Crippen molar-refractivity contribution in [2.24, 2.45) is 0 Å². The molecule has 0 aliphatic heterocycles. The van der Waals surface area contributed by atoms with Gasteiger partial charge in [0.2, 0.25) is 17.8 Å². The molecule has 3 aromatic rings. The zero-order valence-electron chi connectivity index (χ0n) is 18.4. The number of aromatic nitrogens is 3. The SMILES string of the molecule is CCc1ccccc1Nc1nc(N)nc(CN(C)CC(=O)Nc2cccc(C)c2C)n1. The molecule has 31 heavy (non-hydrogen) atoms. The monoisotopic (exact) mass is 419 g/mol. The van der Waals surface area contributed by atoms with Crippen molar-refractivity contribution in [3.8, 4) is 0 Å². The summed E-state index contributed by atoms with van der Waals surface area (Å²) >= 11 is 0. The number of likely N-dealkylation sites (N-methyl/N-ethyl adjacent to an activating group) is 1. The van der Waals surface area contributed by atoms with Crippen molar-refractivity contribution in [1.29, 1.82) is 0 Å². The Labute approximate surface area is 182 Å². The number of hydrogen-bond acceptors (Lipinski definition) is 7. The largest absolute Gasteiger partial charge is 0.368 e. The van der Waals surface area contributed by atoms with Crippen molar-refractivity contribution < 1.29 is 4.79 Å². The topological polar surface area (TPSA) is 109 Å². The average Bonchev–Trinajstić information content (AvgIpc) is 2.71. The third-order valence-corrected chi connectivity index (χ3v) is 5.05. The van der Waals surface area contributed by atoms with E-state index < -0.39 is 0 Å². The van der Waals surface area contributed by atoms with Crippen LogP contribution in [0, 0.1) is 13.8 Å². The first-order chi connectivity index (χ1) is 14.9. The van der Waals surface area contributed by atoms with E-state index in [2.05, 4.69) is 38.6 Å². The second kappa shape index (κ2) is 9.99. The van der Waals surface area contributed by atoms with E-state index in [1.807, 2.05) is 62.2 Å². The van der Waals surface area contributed by atoms with Gasteiger partial charge in [-0.15, -0.1) is 0 Å². The second-order valence-corrected chi connectivity index (χ2v) is 7.54. The van der Waals surface area contributed by atoms with Crippen LogP contribution in [0.2, 0.25) is 0 Å². The lowest BCUT2D eigenvalue weighted by molar-refractivity contribution is -0.117. The van der Waals surface area contributed by atoms with Crippen molar-refractivity contribution in [3.63, 3.8) is 0 Å². The Morgan fingerprint density at radius 3 is 2.55 bits per heavy atom. The highest BCUT2D eigenvalue weighted by atomic mass is 16.2. The van der Waals surface area contributed by atoms with Crippen molar-refractivity contribution in [3.05, 3.63) is 65.0 Å². The number of nitrogens with one attached hydrogen (secondary N) is 2. The number of aryl methyl sites for hydroxylation is 2. The third kappa shape index (κ3) is 5.99. The van der Waals surface area contributed by atoms with Gasteiger partial charge in [-0.1, -0.05) is 37.3 Å². The van der Waals surface area contributed by atoms with Gasteiger partial charge in [0.05, 0.1) is 13.1 Å². The molecule has 0 saturated heterocycles. The van der Waals surface area contributed by atoms with Gasteiger partial charge in [-0.25, -0.2) is 0 Å². The number of anilines is 4. The molecule has 0 aliphatic rings. The van der Waals surface area contributed by atoms with Crippen molar-refractivity contribution >= 4 is 29.2 Å². The molecule has 0 saturated carbocycles. The average molecular weight is 420 g/mol. The smallest absolute Gasteiger partial charge is 0.238 e. The number of carbonyl (C=O) groups is 1. The molecule has 4 N–H and O–H groups in total. The molecule has 0 unspecified atom stereocenters. The second-order valence-electron chi connectivity index (χ2n) is 7.54. The highest BCUT2D eigenvalue weighted by Crippen LogP contribution is 2.20. The molecular formula is C23H29N7O. The van der Waals surface area contributed by atoms with Gasteiger partial charge >= 0.3 is 0 Å². The molecule has 1 heterocycles. The first-order valence-electron chi connectivity index (χ1n) is 10.3. The van der Waals surface area contributed by atoms with Gasteiger partial charge in [-0.3, -0.25) is 9.69 Å². The molecule has 2 aromatic carbocycles. The molecule has 0 atom stereocenters. The maximum atomic E-state index is 12.5. The lowest BCUT2D eigenvalue weighted by Gasteiger charge is -2.17. The van der Waals surface area contributed by atoms with Crippen LogP contribution in [0.4, 0.5) is 23.3 Å². The van der Waals surface area contributed by atoms with E-state index >= 15 is 0 Å². The number of benzene rings is 2. The molecule has 1 aromatic heterocycles. The van der Waals surface area contributed by atoms with Crippen LogP contribution in [-0.2, 0) is 17.8 Å². The Morgan fingerprint density at radius 1 is 1.03 bits per heavy atom. The highest BCUT2D eigenvalue weighted by molar-refractivity contribution is 5.93. The minimum atomic E-state index is -0.103. The van der Waals surface area contributed by atoms with Crippen LogP contribution in [0.1, 0.15) is 29.4 Å². The number of nitrogen functional groups attached to an aromatic ring is 1. The lowest BCUT2D eigenvalue weighted by Crippen LogP contribution is -2.30. The molecule has 0 bridgehead atoms. The van der Waals surface area contributed by atoms with E-state index in [-0.39, 0.29) is 18.4 Å². The molecule has 0 fully saturated rings. The van der Waals surface area contributed by atoms with Gasteiger partial charge in [0.1, 0.15) is 5.82 Å². The van der Waals surface area contributed by atoms with E-state index in [1.54, 1.807) is 0 Å². The van der Waals surface area contributed by atoms with Crippen LogP contribution >= 0.6 is 0 Å². The lowest BCUT2D eigenvalue weighted by atomic mass is 10.1. The molecule has 0 radical (unpaired) electrons. The van der Waals surface area contributed by atoms with E-state index in [4.69, 9.17) is 5.73 Å². The van der Waals surface area contributed by atoms with Gasteiger partial charge < -0.3 is 16.4 Å². The number of rotatable bonds is 8. The first kappa shape index (κ1) is 22.2. The Morgan fingerprint density at radius 2 is 1.77 bits per heavy atom. The maximum absolute atomic E-state index is 12.5. The summed E-state index contributed by atoms with van der Waals surface area (Å²) in [5.74, 6) is 0.908. The standard InChI is InChI=1S/C23H29N7O/c1-5-17-10-6-7-11-19(17)26-23-28-20(27-22(24)29-23)13-30(4)14-21(31)25-18-12-8-9-15(2)16(18)3/h6-12H,5,13-14H2,1-4H3,(H,25,31)(H3,24,26,27,28,29). The molecule has 0 aliphatic carbocycles. The minimum absolute atomic E-state index is 0.103. The number of amides is 1. The van der Waals surface area contributed by atoms with Crippen LogP contribution in [0.3, 0.4) is 0 Å². The van der Waals surface area contributed by atoms with Crippen molar-refractivity contribution in [2.75, 3.05) is 30.0 Å². The zero-order chi connectivity index (χ0) is 22.4. The summed E-state index contributed by atoms with van der Waals surface area (Å²) in [4.78, 5) is 27.2. The molecular weight excluding hydrogens is 390 g/mol. The third-order valence-electron chi connectivity index (χ3n) is 5.05. The summed E-state index contributed by atoms with van der Waals surface area (Å²) in [6.07, 6.45) is 0.884. The van der Waals surface area contributed by atoms with Crippen LogP contribution in [-0.4, -0.2) is 39.4 Å². The predicted octanol–water partition coefficient (Wildman–Crippen LogP) is 3.45. The summed E-state index contributed by atoms with van der Waals surface area (Å²) in [6.45, 7) is 6.66. The van der Waals surface area contributed by atoms with Crippen LogP contribution in [0.15, 0.2) is 42.5 Å². The number of para-hydroxylation sites is 1. The molecule has 1 amide bonds. The van der Waals surface area contributed by atoms with Gasteiger partial charge in [-0.2, -0.15) is 15.0 Å². The quantitative estimate of drug-likeness (QED) is 0.513. The van der Waals surface area contributed by atoms with Gasteiger partial charge in [0, 0.05) is 11.4 Å². The van der Waals surface area contributed by atoms with E-state index in [0.29, 0.717) is 18.3 Å². The summed E-state index contributed by atoms with van der Waals surface area (Å²) in [6, 6.07) is 13.8. The molecule has 162 valence electrons. The van der Waals surface area contributed by atoms with E-state index in [0.717, 1.165) is 34.5 Å². The fourth-order valence-corrected chi connectivity index (χ4v) is 3.25. The molecule has 8 nitrogen and oxygen atoms in total. The van der Waals surface area contributed by atoms with Crippen molar-refractivity contribution in [2.45, 2.75) is 33.7 Å². The first-order valence-corrected chi connectivity index (χ1v) is 10.3. The molecule has 3 rings (SSSR count). The predicted molar refractivity (Wildman–Crippen MR) is 124 cm³/mol. The van der Waals surface area contributed by atoms with Crippen LogP contribution < -0.4 is 16.4 Å². The Hall–Kier alpha value is -3.52. The fraction of sp³-hybridized carbons (Fsp3) is 0.304. The minimum Gasteiger partial charge on any atom is -0.368 e. The number of nitrogens with two attached hydrogens (primary N) is 1. The number of nitrogens with zero attached hydrogens (tertiary/aromatic N) is 4. The number of hydrogen-bond donors (Lipinski definition) is 3. The maximum Gasteiger partial charge on any atom is 0.238 e. The summed E-state index contributed by atoms with van der Waals surface area (Å²) in [5.41, 5.74) is 11.0. The zero-order valence-corrected chi connectivity index (χ0v) is 18.4. The summed E-state index contributed by atoms with van der Waals surface area (Å²) < 4.78 is 0. The fourth-order valence-electron chi connectivity index (χ4n) is 3.25. The normalized spacial score (nSPS) is 10.9. The molecule has 8 heteroatoms.